The monoisotopic (exact) mass is 462 g/mol. The summed E-state index contributed by atoms with van der Waals surface area (Å²) < 4.78 is 5.66. The molecule has 0 radical (unpaired) electrons. The number of ether oxygens (including phenoxy) is 1. The lowest BCUT2D eigenvalue weighted by atomic mass is 9.98. The zero-order valence-electron chi connectivity index (χ0n) is 19.3. The van der Waals surface area contributed by atoms with Gasteiger partial charge in [0.1, 0.15) is 13.2 Å². The van der Waals surface area contributed by atoms with Crippen LogP contribution in [0.4, 0.5) is 4.79 Å². The van der Waals surface area contributed by atoms with E-state index < -0.39 is 17.5 Å². The van der Waals surface area contributed by atoms with Gasteiger partial charge in [0, 0.05) is 18.5 Å². The van der Waals surface area contributed by atoms with E-state index in [1.54, 1.807) is 0 Å². The SMILES string of the molecule is CCCN(CC(=O)O)C(=O)[C@@]12C[C@@H](NC(=O)OCC3c4ccccc4-c4ccccc43)C[C@@H]1C2. The Balaban J connectivity index is 1.19. The average molecular weight is 463 g/mol. The summed E-state index contributed by atoms with van der Waals surface area (Å²) in [5.74, 6) is -0.881. The highest BCUT2D eigenvalue weighted by molar-refractivity contribution is 5.89. The normalized spacial score (nSPS) is 24.0. The standard InChI is InChI=1S/C27H30N2O5/c1-2-11-29(15-24(30)31)25(32)27-13-17(27)12-18(14-27)28-26(33)34-16-23-21-9-5-3-7-19(21)20-8-4-6-10-22(20)23/h3-10,17-18,23H,2,11-16H2,1H3,(H,28,33)(H,30,31)/t17-,18+,27+/m1/s1. The summed E-state index contributed by atoms with van der Waals surface area (Å²) in [5, 5.41) is 12.1. The van der Waals surface area contributed by atoms with Crippen LogP contribution in [0, 0.1) is 11.3 Å². The molecule has 0 aliphatic heterocycles. The molecule has 2 aromatic carbocycles. The Kier molecular flexibility index (Phi) is 5.80. The van der Waals surface area contributed by atoms with Gasteiger partial charge in [-0.1, -0.05) is 55.5 Å². The first-order valence-corrected chi connectivity index (χ1v) is 12.1. The van der Waals surface area contributed by atoms with Gasteiger partial charge in [-0.15, -0.1) is 0 Å². The third-order valence-corrected chi connectivity index (χ3v) is 7.61. The zero-order chi connectivity index (χ0) is 23.9. The van der Waals surface area contributed by atoms with Crippen molar-refractivity contribution in [2.75, 3.05) is 19.7 Å². The molecule has 7 heteroatoms. The minimum atomic E-state index is -0.998. The number of rotatable bonds is 8. The number of carboxylic acid groups (broad SMARTS) is 1. The van der Waals surface area contributed by atoms with Crippen molar-refractivity contribution < 1.29 is 24.2 Å². The average Bonchev–Trinajstić information content (AvgIpc) is 3.25. The number of nitrogens with zero attached hydrogens (tertiary/aromatic N) is 1. The van der Waals surface area contributed by atoms with Gasteiger partial charge >= 0.3 is 12.1 Å². The highest BCUT2D eigenvalue weighted by Gasteiger charge is 2.66. The van der Waals surface area contributed by atoms with Crippen molar-refractivity contribution >= 4 is 18.0 Å². The first kappa shape index (κ1) is 22.4. The quantitative estimate of drug-likeness (QED) is 0.618. The highest BCUT2D eigenvalue weighted by Crippen LogP contribution is 2.64. The van der Waals surface area contributed by atoms with Crippen molar-refractivity contribution in [3.63, 3.8) is 0 Å². The van der Waals surface area contributed by atoms with Crippen molar-refractivity contribution in [1.82, 2.24) is 10.2 Å². The van der Waals surface area contributed by atoms with Crippen LogP contribution in [0.2, 0.25) is 0 Å². The van der Waals surface area contributed by atoms with Crippen LogP contribution in [0.25, 0.3) is 11.1 Å². The number of hydrogen-bond acceptors (Lipinski definition) is 4. The molecule has 2 saturated carbocycles. The minimum absolute atomic E-state index is 0.00155. The van der Waals surface area contributed by atoms with Crippen LogP contribution in [0.5, 0.6) is 0 Å². The van der Waals surface area contributed by atoms with Gasteiger partial charge < -0.3 is 20.1 Å². The largest absolute Gasteiger partial charge is 0.480 e. The second-order valence-electron chi connectivity index (χ2n) is 9.78. The lowest BCUT2D eigenvalue weighted by molar-refractivity contribution is -0.147. The molecule has 0 spiro atoms. The molecule has 3 aliphatic rings. The van der Waals surface area contributed by atoms with E-state index in [4.69, 9.17) is 4.74 Å². The minimum Gasteiger partial charge on any atom is -0.480 e. The van der Waals surface area contributed by atoms with E-state index in [0.29, 0.717) is 19.4 Å². The molecule has 3 atom stereocenters. The molecule has 2 aromatic rings. The third-order valence-electron chi connectivity index (χ3n) is 7.61. The van der Waals surface area contributed by atoms with E-state index in [9.17, 15) is 19.5 Å². The summed E-state index contributed by atoms with van der Waals surface area (Å²) in [6.45, 7) is 2.35. The number of benzene rings is 2. The van der Waals surface area contributed by atoms with Crippen LogP contribution in [0.1, 0.15) is 49.7 Å². The number of aliphatic carboxylic acids is 1. The Labute approximate surface area is 199 Å². The molecule has 3 aliphatic carbocycles. The fraction of sp³-hybridized carbons (Fsp3) is 0.444. The van der Waals surface area contributed by atoms with Gasteiger partial charge in [-0.2, -0.15) is 0 Å². The molecule has 0 heterocycles. The zero-order valence-corrected chi connectivity index (χ0v) is 19.3. The Morgan fingerprint density at radius 1 is 1.06 bits per heavy atom. The number of carboxylic acids is 1. The maximum atomic E-state index is 13.1. The Morgan fingerprint density at radius 2 is 1.71 bits per heavy atom. The summed E-state index contributed by atoms with van der Waals surface area (Å²) in [4.78, 5) is 38.4. The molecular weight excluding hydrogens is 432 g/mol. The second-order valence-corrected chi connectivity index (χ2v) is 9.78. The van der Waals surface area contributed by atoms with Crippen molar-refractivity contribution in [1.29, 1.82) is 0 Å². The molecule has 2 fully saturated rings. The molecule has 5 rings (SSSR count). The molecule has 0 aromatic heterocycles. The number of hydrogen-bond donors (Lipinski definition) is 2. The number of carbonyl (C=O) groups is 3. The fourth-order valence-electron chi connectivity index (χ4n) is 6.07. The third kappa shape index (κ3) is 3.93. The van der Waals surface area contributed by atoms with Gasteiger partial charge in [0.2, 0.25) is 5.91 Å². The first-order chi connectivity index (χ1) is 16.4. The number of alkyl carbamates (subject to hydrolysis) is 1. The molecule has 2 N–H and O–H groups in total. The Hall–Kier alpha value is -3.35. The molecule has 7 nitrogen and oxygen atoms in total. The van der Waals surface area contributed by atoms with Crippen LogP contribution in [-0.2, 0) is 14.3 Å². The number of fused-ring (bicyclic) bond motifs is 4. The predicted molar refractivity (Wildman–Crippen MR) is 126 cm³/mol. The van der Waals surface area contributed by atoms with E-state index >= 15 is 0 Å². The van der Waals surface area contributed by atoms with Crippen molar-refractivity contribution in [2.45, 2.75) is 44.6 Å². The molecule has 178 valence electrons. The van der Waals surface area contributed by atoms with Crippen molar-refractivity contribution in [3.05, 3.63) is 59.7 Å². The molecular formula is C27H30N2O5. The summed E-state index contributed by atoms with van der Waals surface area (Å²) in [6.07, 6.45) is 2.28. The number of amides is 2. The van der Waals surface area contributed by atoms with Crippen LogP contribution in [-0.4, -0.2) is 53.7 Å². The molecule has 0 unspecified atom stereocenters. The van der Waals surface area contributed by atoms with Crippen LogP contribution in [0.3, 0.4) is 0 Å². The van der Waals surface area contributed by atoms with Gasteiger partial charge in [0.05, 0.1) is 5.41 Å². The lowest BCUT2D eigenvalue weighted by Gasteiger charge is -2.25. The summed E-state index contributed by atoms with van der Waals surface area (Å²) in [5.41, 5.74) is 4.17. The molecule has 0 saturated heterocycles. The van der Waals surface area contributed by atoms with Gasteiger partial charge in [0.15, 0.2) is 0 Å². The Bertz CT molecular complexity index is 1090. The molecule has 34 heavy (non-hydrogen) atoms. The van der Waals surface area contributed by atoms with E-state index in [0.717, 1.165) is 24.0 Å². The van der Waals surface area contributed by atoms with E-state index in [1.807, 2.05) is 31.2 Å². The maximum Gasteiger partial charge on any atom is 0.407 e. The summed E-state index contributed by atoms with van der Waals surface area (Å²) in [7, 11) is 0. The fourth-order valence-corrected chi connectivity index (χ4v) is 6.07. The van der Waals surface area contributed by atoms with Gasteiger partial charge in [-0.05, 0) is 53.9 Å². The summed E-state index contributed by atoms with van der Waals surface area (Å²) >= 11 is 0. The highest BCUT2D eigenvalue weighted by atomic mass is 16.5. The van der Waals surface area contributed by atoms with Crippen LogP contribution in [0.15, 0.2) is 48.5 Å². The van der Waals surface area contributed by atoms with Crippen molar-refractivity contribution in [3.8, 4) is 11.1 Å². The summed E-state index contributed by atoms with van der Waals surface area (Å²) in [6, 6.07) is 16.3. The number of carbonyl (C=O) groups excluding carboxylic acids is 2. The molecule has 0 bridgehead atoms. The lowest BCUT2D eigenvalue weighted by Crippen LogP contribution is -2.42. The van der Waals surface area contributed by atoms with E-state index in [1.165, 1.54) is 16.0 Å². The van der Waals surface area contributed by atoms with Gasteiger partial charge in [-0.25, -0.2) is 4.79 Å². The van der Waals surface area contributed by atoms with Gasteiger partial charge in [0.25, 0.3) is 0 Å². The van der Waals surface area contributed by atoms with Crippen LogP contribution < -0.4 is 5.32 Å². The molecule has 2 amide bonds. The predicted octanol–water partition coefficient (Wildman–Crippen LogP) is 4.02. The van der Waals surface area contributed by atoms with E-state index in [2.05, 4.69) is 29.6 Å². The van der Waals surface area contributed by atoms with E-state index in [-0.39, 0.29) is 36.9 Å². The van der Waals surface area contributed by atoms with Gasteiger partial charge in [-0.3, -0.25) is 9.59 Å². The second kappa shape index (κ2) is 8.78. The first-order valence-electron chi connectivity index (χ1n) is 12.1. The Morgan fingerprint density at radius 3 is 2.32 bits per heavy atom. The maximum absolute atomic E-state index is 13.1. The number of nitrogens with one attached hydrogen (secondary N) is 1. The van der Waals surface area contributed by atoms with Crippen LogP contribution >= 0.6 is 0 Å². The van der Waals surface area contributed by atoms with Crippen molar-refractivity contribution in [2.24, 2.45) is 11.3 Å². The topological polar surface area (TPSA) is 95.9 Å². The smallest absolute Gasteiger partial charge is 0.407 e.